The van der Waals surface area contributed by atoms with Gasteiger partial charge < -0.3 is 20.5 Å². The summed E-state index contributed by atoms with van der Waals surface area (Å²) in [5.74, 6) is -0.278. The lowest BCUT2D eigenvalue weighted by molar-refractivity contribution is -0.146. The molecule has 1 atom stereocenters. The van der Waals surface area contributed by atoms with Crippen LogP contribution in [0, 0.1) is 5.41 Å². The number of ether oxygens (including phenoxy) is 2. The molecule has 2 rings (SSSR count). The highest BCUT2D eigenvalue weighted by atomic mass is 16.5. The van der Waals surface area contributed by atoms with Crippen molar-refractivity contribution in [3.05, 3.63) is 29.8 Å². The fourth-order valence-electron chi connectivity index (χ4n) is 3.52. The zero-order chi connectivity index (χ0) is 20.7. The fourth-order valence-corrected chi connectivity index (χ4v) is 3.52. The largest absolute Gasteiger partial charge is 0.497 e. The van der Waals surface area contributed by atoms with Crippen molar-refractivity contribution < 1.29 is 23.9 Å². The Bertz CT molecular complexity index is 716. The van der Waals surface area contributed by atoms with Crippen molar-refractivity contribution in [2.24, 2.45) is 11.1 Å². The van der Waals surface area contributed by atoms with Crippen molar-refractivity contribution in [2.75, 3.05) is 33.9 Å². The Labute approximate surface area is 165 Å². The van der Waals surface area contributed by atoms with E-state index in [0.29, 0.717) is 32.4 Å². The van der Waals surface area contributed by atoms with Crippen molar-refractivity contribution >= 4 is 17.8 Å². The van der Waals surface area contributed by atoms with Crippen molar-refractivity contribution in [3.63, 3.8) is 0 Å². The number of nitrogens with zero attached hydrogens (tertiary/aromatic N) is 1. The molecule has 8 nitrogen and oxygen atoms in total. The number of likely N-dealkylation sites (tertiary alicyclic amines) is 1. The zero-order valence-corrected chi connectivity index (χ0v) is 16.7. The maximum atomic E-state index is 12.8. The second kappa shape index (κ2) is 9.54. The number of carbonyl (C=O) groups is 3. The smallest absolute Gasteiger partial charge is 0.305 e. The number of benzene rings is 1. The molecule has 2 amide bonds. The van der Waals surface area contributed by atoms with Crippen LogP contribution in [-0.2, 0) is 25.5 Å². The number of amides is 2. The highest BCUT2D eigenvalue weighted by Gasteiger charge is 2.50. The zero-order valence-electron chi connectivity index (χ0n) is 16.7. The summed E-state index contributed by atoms with van der Waals surface area (Å²) in [5.41, 5.74) is 5.50. The summed E-state index contributed by atoms with van der Waals surface area (Å²) in [7, 11) is 2.97. The summed E-state index contributed by atoms with van der Waals surface area (Å²) in [6.07, 6.45) is 1.52. The molecule has 1 aliphatic rings. The molecule has 0 aliphatic carbocycles. The first kappa shape index (κ1) is 21.7. The molecule has 1 aromatic carbocycles. The summed E-state index contributed by atoms with van der Waals surface area (Å²) in [4.78, 5) is 37.4. The first-order chi connectivity index (χ1) is 13.3. The molecule has 154 valence electrons. The lowest BCUT2D eigenvalue weighted by Crippen LogP contribution is -2.66. The number of carbonyl (C=O) groups excluding carboxylic acids is 3. The third-order valence-corrected chi connectivity index (χ3v) is 5.21. The number of nitrogens with one attached hydrogen (secondary N) is 1. The van der Waals surface area contributed by atoms with Crippen LogP contribution in [0.25, 0.3) is 0 Å². The monoisotopic (exact) mass is 391 g/mol. The quantitative estimate of drug-likeness (QED) is 0.562. The molecule has 28 heavy (non-hydrogen) atoms. The van der Waals surface area contributed by atoms with E-state index < -0.39 is 11.3 Å². The number of primary amides is 1. The maximum absolute atomic E-state index is 12.8. The number of rotatable bonds is 10. The average Bonchev–Trinajstić information content (AvgIpc) is 2.66. The van der Waals surface area contributed by atoms with Crippen LogP contribution in [0.2, 0.25) is 0 Å². The summed E-state index contributed by atoms with van der Waals surface area (Å²) >= 11 is 0. The standard InChI is InChI=1S/C20H29N3O5/c1-14(7-8-18(25)28-3)23-12-20(13-23,19(26)22-11-17(21)24)10-15-5-4-6-16(9-15)27-2/h4-6,9,14H,7-8,10-13H2,1-3H3,(H2,21,24)(H,22,26). The first-order valence-corrected chi connectivity index (χ1v) is 9.30. The summed E-state index contributed by atoms with van der Waals surface area (Å²) in [5, 5.41) is 2.65. The molecule has 0 spiro atoms. The molecule has 1 saturated heterocycles. The van der Waals surface area contributed by atoms with E-state index in [2.05, 4.69) is 15.0 Å². The molecule has 8 heteroatoms. The highest BCUT2D eigenvalue weighted by Crippen LogP contribution is 2.37. The van der Waals surface area contributed by atoms with Gasteiger partial charge in [0.2, 0.25) is 11.8 Å². The topological polar surface area (TPSA) is 111 Å². The molecule has 1 fully saturated rings. The molecule has 3 N–H and O–H groups in total. The summed E-state index contributed by atoms with van der Waals surface area (Å²) in [6, 6.07) is 7.74. The van der Waals surface area contributed by atoms with Crippen LogP contribution in [0.15, 0.2) is 24.3 Å². The van der Waals surface area contributed by atoms with E-state index in [1.54, 1.807) is 7.11 Å². The number of hydrogen-bond acceptors (Lipinski definition) is 6. The Morgan fingerprint density at radius 2 is 2.00 bits per heavy atom. The van der Waals surface area contributed by atoms with E-state index in [1.165, 1.54) is 7.11 Å². The van der Waals surface area contributed by atoms with E-state index in [-0.39, 0.29) is 24.5 Å². The van der Waals surface area contributed by atoms with E-state index in [1.807, 2.05) is 31.2 Å². The van der Waals surface area contributed by atoms with Crippen molar-refractivity contribution in [2.45, 2.75) is 32.2 Å². The predicted octanol–water partition coefficient (Wildman–Crippen LogP) is 0.483. The van der Waals surface area contributed by atoms with Gasteiger partial charge in [-0.2, -0.15) is 0 Å². The van der Waals surface area contributed by atoms with Crippen LogP contribution in [-0.4, -0.2) is 62.6 Å². The lowest BCUT2D eigenvalue weighted by Gasteiger charge is -2.51. The van der Waals surface area contributed by atoms with E-state index in [4.69, 9.17) is 10.5 Å². The third-order valence-electron chi connectivity index (χ3n) is 5.21. The minimum atomic E-state index is -0.651. The van der Waals surface area contributed by atoms with Gasteiger partial charge in [-0.1, -0.05) is 12.1 Å². The van der Waals surface area contributed by atoms with Gasteiger partial charge >= 0.3 is 5.97 Å². The third kappa shape index (κ3) is 5.45. The Balaban J connectivity index is 2.07. The van der Waals surface area contributed by atoms with Crippen LogP contribution in [0.3, 0.4) is 0 Å². The lowest BCUT2D eigenvalue weighted by atomic mass is 9.73. The minimum Gasteiger partial charge on any atom is -0.497 e. The van der Waals surface area contributed by atoms with Gasteiger partial charge in [0.15, 0.2) is 0 Å². The molecule has 0 radical (unpaired) electrons. The molecule has 1 unspecified atom stereocenters. The molecule has 0 bridgehead atoms. The molecule has 1 heterocycles. The molecular formula is C20H29N3O5. The summed E-state index contributed by atoms with van der Waals surface area (Å²) in [6.45, 7) is 2.92. The van der Waals surface area contributed by atoms with Gasteiger partial charge in [-0.3, -0.25) is 19.3 Å². The highest BCUT2D eigenvalue weighted by molar-refractivity contribution is 5.88. The molecule has 1 aromatic rings. The minimum absolute atomic E-state index is 0.140. The molecule has 0 saturated carbocycles. The van der Waals surface area contributed by atoms with Gasteiger partial charge in [-0.05, 0) is 37.5 Å². The predicted molar refractivity (Wildman–Crippen MR) is 104 cm³/mol. The molecule has 1 aliphatic heterocycles. The van der Waals surface area contributed by atoms with E-state index in [9.17, 15) is 14.4 Å². The van der Waals surface area contributed by atoms with Crippen molar-refractivity contribution in [3.8, 4) is 5.75 Å². The number of methoxy groups -OCH3 is 2. The van der Waals surface area contributed by atoms with Crippen LogP contribution >= 0.6 is 0 Å². The van der Waals surface area contributed by atoms with Gasteiger partial charge in [0.05, 0.1) is 26.2 Å². The SMILES string of the molecule is COC(=O)CCC(C)N1CC(Cc2cccc(OC)c2)(C(=O)NCC(N)=O)C1. The molecular weight excluding hydrogens is 362 g/mol. The van der Waals surface area contributed by atoms with Gasteiger partial charge in [0.25, 0.3) is 0 Å². The second-order valence-corrected chi connectivity index (χ2v) is 7.33. The average molecular weight is 391 g/mol. The Kier molecular flexibility index (Phi) is 7.39. The Morgan fingerprint density at radius 1 is 1.29 bits per heavy atom. The van der Waals surface area contributed by atoms with Gasteiger partial charge in [-0.25, -0.2) is 0 Å². The van der Waals surface area contributed by atoms with Gasteiger partial charge in [-0.15, -0.1) is 0 Å². The first-order valence-electron chi connectivity index (χ1n) is 9.30. The summed E-state index contributed by atoms with van der Waals surface area (Å²) < 4.78 is 9.96. The van der Waals surface area contributed by atoms with Crippen LogP contribution < -0.4 is 15.8 Å². The maximum Gasteiger partial charge on any atom is 0.305 e. The number of esters is 1. The van der Waals surface area contributed by atoms with Gasteiger partial charge in [0, 0.05) is 25.6 Å². The molecule has 0 aromatic heterocycles. The van der Waals surface area contributed by atoms with Crippen LogP contribution in [0.5, 0.6) is 5.75 Å². The normalized spacial score (nSPS) is 16.5. The fraction of sp³-hybridized carbons (Fsp3) is 0.550. The Hall–Kier alpha value is -2.61. The van der Waals surface area contributed by atoms with Crippen molar-refractivity contribution in [1.82, 2.24) is 10.2 Å². The van der Waals surface area contributed by atoms with Crippen LogP contribution in [0.4, 0.5) is 0 Å². The van der Waals surface area contributed by atoms with E-state index >= 15 is 0 Å². The Morgan fingerprint density at radius 3 is 2.61 bits per heavy atom. The van der Waals surface area contributed by atoms with Gasteiger partial charge in [0.1, 0.15) is 5.75 Å². The van der Waals surface area contributed by atoms with Crippen LogP contribution in [0.1, 0.15) is 25.3 Å². The number of nitrogens with two attached hydrogens (primary N) is 1. The second-order valence-electron chi connectivity index (χ2n) is 7.33. The van der Waals surface area contributed by atoms with E-state index in [0.717, 1.165) is 11.3 Å². The van der Waals surface area contributed by atoms with Crippen molar-refractivity contribution in [1.29, 1.82) is 0 Å². The number of hydrogen-bond donors (Lipinski definition) is 2.